The molecule has 0 bridgehead atoms. The van der Waals surface area contributed by atoms with Gasteiger partial charge in [0.2, 0.25) is 5.89 Å². The summed E-state index contributed by atoms with van der Waals surface area (Å²) < 4.78 is 5.25. The van der Waals surface area contributed by atoms with E-state index in [4.69, 9.17) is 27.6 Å². The largest absolute Gasteiger partial charge is 0.444 e. The smallest absolute Gasteiger partial charge is 0.280 e. The van der Waals surface area contributed by atoms with Crippen molar-refractivity contribution in [3.05, 3.63) is 40.2 Å². The average Bonchev–Trinajstić information content (AvgIpc) is 3.12. The van der Waals surface area contributed by atoms with E-state index >= 15 is 0 Å². The number of benzene rings is 1. The van der Waals surface area contributed by atoms with Crippen molar-refractivity contribution in [3.63, 3.8) is 0 Å². The standard InChI is InChI=1S/C11H6Cl2N6O2/c12-6-2-1-5(3-7(6)13)10-14-8(4-21-10)9(20)15-11-16-18-19-17-11/h1-4H,(H2,15,16,17,18,19,20). The lowest BCUT2D eigenvalue weighted by Gasteiger charge is -1.98. The van der Waals surface area contributed by atoms with Gasteiger partial charge in [-0.1, -0.05) is 28.3 Å². The highest BCUT2D eigenvalue weighted by Gasteiger charge is 2.15. The van der Waals surface area contributed by atoms with E-state index in [0.717, 1.165) is 0 Å². The van der Waals surface area contributed by atoms with Crippen molar-refractivity contribution in [3.8, 4) is 11.5 Å². The van der Waals surface area contributed by atoms with Crippen LogP contribution in [-0.2, 0) is 0 Å². The lowest BCUT2D eigenvalue weighted by molar-refractivity contribution is 0.102. The van der Waals surface area contributed by atoms with Crippen LogP contribution in [0.15, 0.2) is 28.9 Å². The summed E-state index contributed by atoms with van der Waals surface area (Å²) in [7, 11) is 0. The lowest BCUT2D eigenvalue weighted by Crippen LogP contribution is -2.13. The summed E-state index contributed by atoms with van der Waals surface area (Å²) in [5, 5.41) is 15.9. The minimum atomic E-state index is -0.522. The highest BCUT2D eigenvalue weighted by atomic mass is 35.5. The van der Waals surface area contributed by atoms with Crippen molar-refractivity contribution in [1.82, 2.24) is 25.6 Å². The van der Waals surface area contributed by atoms with Crippen molar-refractivity contribution >= 4 is 35.1 Å². The molecule has 0 radical (unpaired) electrons. The van der Waals surface area contributed by atoms with E-state index in [1.54, 1.807) is 18.2 Å². The van der Waals surface area contributed by atoms with Crippen LogP contribution < -0.4 is 5.32 Å². The first-order chi connectivity index (χ1) is 10.1. The molecule has 0 aliphatic rings. The Hall–Kier alpha value is -2.45. The van der Waals surface area contributed by atoms with Gasteiger partial charge in [-0.3, -0.25) is 10.1 Å². The summed E-state index contributed by atoms with van der Waals surface area (Å²) in [6.45, 7) is 0. The lowest BCUT2D eigenvalue weighted by atomic mass is 10.2. The maximum absolute atomic E-state index is 11.9. The van der Waals surface area contributed by atoms with Gasteiger partial charge in [-0.05, 0) is 23.4 Å². The van der Waals surface area contributed by atoms with E-state index in [2.05, 4.69) is 30.9 Å². The summed E-state index contributed by atoms with van der Waals surface area (Å²) in [6, 6.07) is 4.89. The van der Waals surface area contributed by atoms with Gasteiger partial charge in [-0.15, -0.1) is 5.10 Å². The van der Waals surface area contributed by atoms with Crippen molar-refractivity contribution < 1.29 is 9.21 Å². The number of H-pyrrole nitrogens is 1. The number of halogens is 2. The number of aromatic nitrogens is 5. The van der Waals surface area contributed by atoms with E-state index < -0.39 is 5.91 Å². The number of oxazole rings is 1. The minimum absolute atomic E-state index is 0.0408. The first kappa shape index (κ1) is 13.5. The first-order valence-electron chi connectivity index (χ1n) is 5.59. The van der Waals surface area contributed by atoms with Crippen LogP contribution in [0.1, 0.15) is 10.5 Å². The van der Waals surface area contributed by atoms with E-state index in [1.807, 2.05) is 0 Å². The van der Waals surface area contributed by atoms with Crippen LogP contribution in [0.25, 0.3) is 11.5 Å². The predicted octanol–water partition coefficient (Wildman–Crippen LogP) is 2.41. The molecule has 10 heteroatoms. The van der Waals surface area contributed by atoms with Gasteiger partial charge < -0.3 is 4.42 Å². The second-order valence-electron chi connectivity index (χ2n) is 3.86. The zero-order chi connectivity index (χ0) is 14.8. The molecule has 0 spiro atoms. The molecule has 2 heterocycles. The summed E-state index contributed by atoms with van der Waals surface area (Å²) >= 11 is 11.8. The second kappa shape index (κ2) is 5.51. The third-order valence-corrected chi connectivity index (χ3v) is 3.21. The van der Waals surface area contributed by atoms with Crippen molar-refractivity contribution in [2.24, 2.45) is 0 Å². The van der Waals surface area contributed by atoms with Gasteiger partial charge in [0, 0.05) is 5.56 Å². The number of nitrogens with zero attached hydrogens (tertiary/aromatic N) is 4. The van der Waals surface area contributed by atoms with Crippen molar-refractivity contribution in [2.75, 3.05) is 5.32 Å². The number of carbonyl (C=O) groups is 1. The Morgan fingerprint density at radius 1 is 1.29 bits per heavy atom. The highest BCUT2D eigenvalue weighted by molar-refractivity contribution is 6.42. The molecule has 0 aliphatic carbocycles. The van der Waals surface area contributed by atoms with E-state index in [0.29, 0.717) is 15.6 Å². The van der Waals surface area contributed by atoms with Crippen LogP contribution in [0.3, 0.4) is 0 Å². The molecule has 8 nitrogen and oxygen atoms in total. The van der Waals surface area contributed by atoms with Gasteiger partial charge >= 0.3 is 0 Å². The van der Waals surface area contributed by atoms with Gasteiger partial charge in [0.05, 0.1) is 10.0 Å². The summed E-state index contributed by atoms with van der Waals surface area (Å²) in [4.78, 5) is 15.9. The maximum Gasteiger partial charge on any atom is 0.280 e. The van der Waals surface area contributed by atoms with E-state index in [-0.39, 0.29) is 17.5 Å². The van der Waals surface area contributed by atoms with Gasteiger partial charge in [0.25, 0.3) is 11.9 Å². The summed E-state index contributed by atoms with van der Waals surface area (Å²) in [5.41, 5.74) is 0.670. The van der Waals surface area contributed by atoms with Crippen LogP contribution in [0.2, 0.25) is 10.0 Å². The Kier molecular flexibility index (Phi) is 3.55. The first-order valence-corrected chi connectivity index (χ1v) is 6.35. The van der Waals surface area contributed by atoms with Gasteiger partial charge in [-0.2, -0.15) is 5.21 Å². The molecule has 0 unspecified atom stereocenters. The number of hydrogen-bond donors (Lipinski definition) is 2. The molecule has 106 valence electrons. The number of aromatic amines is 1. The SMILES string of the molecule is O=C(Nc1nn[nH]n1)c1coc(-c2ccc(Cl)c(Cl)c2)n1. The molecule has 21 heavy (non-hydrogen) atoms. The second-order valence-corrected chi connectivity index (χ2v) is 4.67. The molecule has 2 N–H and O–H groups in total. The number of tetrazole rings is 1. The zero-order valence-electron chi connectivity index (χ0n) is 10.2. The van der Waals surface area contributed by atoms with Crippen LogP contribution in [0.4, 0.5) is 5.95 Å². The third kappa shape index (κ3) is 2.86. The monoisotopic (exact) mass is 324 g/mol. The van der Waals surface area contributed by atoms with E-state index in [9.17, 15) is 4.79 Å². The summed E-state index contributed by atoms with van der Waals surface area (Å²) in [5.74, 6) is -0.239. The normalized spacial score (nSPS) is 10.6. The fourth-order valence-electron chi connectivity index (χ4n) is 1.52. The molecule has 1 amide bonds. The maximum atomic E-state index is 11.9. The zero-order valence-corrected chi connectivity index (χ0v) is 11.7. The molecule has 3 rings (SSSR count). The topological polar surface area (TPSA) is 110 Å². The molecule has 0 saturated heterocycles. The van der Waals surface area contributed by atoms with Crippen LogP contribution in [0.5, 0.6) is 0 Å². The fraction of sp³-hybridized carbons (Fsp3) is 0. The van der Waals surface area contributed by atoms with Gasteiger partial charge in [0.15, 0.2) is 5.69 Å². The average molecular weight is 325 g/mol. The minimum Gasteiger partial charge on any atom is -0.444 e. The predicted molar refractivity (Wildman–Crippen MR) is 74.1 cm³/mol. The quantitative estimate of drug-likeness (QED) is 0.765. The highest BCUT2D eigenvalue weighted by Crippen LogP contribution is 2.28. The number of hydrogen-bond acceptors (Lipinski definition) is 6. The third-order valence-electron chi connectivity index (χ3n) is 2.47. The molecular weight excluding hydrogens is 319 g/mol. The Labute approximate surface area is 127 Å². The molecule has 1 aromatic carbocycles. The van der Waals surface area contributed by atoms with Gasteiger partial charge in [0.1, 0.15) is 6.26 Å². The number of amides is 1. The number of rotatable bonds is 3. The molecule has 0 fully saturated rings. The van der Waals surface area contributed by atoms with Crippen LogP contribution >= 0.6 is 23.2 Å². The Morgan fingerprint density at radius 3 is 2.86 bits per heavy atom. The number of carbonyl (C=O) groups excluding carboxylic acids is 1. The molecule has 0 atom stereocenters. The molecule has 3 aromatic rings. The molecule has 2 aromatic heterocycles. The number of anilines is 1. The molecular formula is C11H6Cl2N6O2. The Balaban J connectivity index is 1.82. The van der Waals surface area contributed by atoms with Crippen LogP contribution in [-0.4, -0.2) is 31.5 Å². The van der Waals surface area contributed by atoms with Crippen LogP contribution in [0, 0.1) is 0 Å². The molecule has 0 saturated carbocycles. The Morgan fingerprint density at radius 2 is 2.14 bits per heavy atom. The van der Waals surface area contributed by atoms with Gasteiger partial charge in [-0.25, -0.2) is 4.98 Å². The van der Waals surface area contributed by atoms with Crippen molar-refractivity contribution in [2.45, 2.75) is 0 Å². The number of nitrogens with one attached hydrogen (secondary N) is 2. The van der Waals surface area contributed by atoms with Crippen molar-refractivity contribution in [1.29, 1.82) is 0 Å². The molecule has 0 aliphatic heterocycles. The van der Waals surface area contributed by atoms with E-state index in [1.165, 1.54) is 6.26 Å². The summed E-state index contributed by atoms with van der Waals surface area (Å²) in [6.07, 6.45) is 1.22. The fourth-order valence-corrected chi connectivity index (χ4v) is 1.82. The Bertz CT molecular complexity index is 786.